The number of allylic oxidation sites excluding steroid dienone is 1. The van der Waals surface area contributed by atoms with Crippen LogP contribution in [0.3, 0.4) is 0 Å². The number of hydrogen-bond acceptors (Lipinski definition) is 12. The molecule has 4 aliphatic rings. The molecule has 2 aliphatic heterocycles. The van der Waals surface area contributed by atoms with Crippen molar-refractivity contribution in [3.05, 3.63) is 54.7 Å². The highest BCUT2D eigenvalue weighted by molar-refractivity contribution is 7.91. The number of ether oxygens (including phenoxy) is 4. The zero-order valence-corrected chi connectivity index (χ0v) is 35.3. The Kier molecular flexibility index (Phi) is 11.7. The summed E-state index contributed by atoms with van der Waals surface area (Å²) in [4.78, 5) is 65.8. The number of methoxy groups -OCH3 is 1. The van der Waals surface area contributed by atoms with E-state index in [1.165, 1.54) is 4.90 Å². The van der Waals surface area contributed by atoms with E-state index in [9.17, 15) is 32.7 Å². The minimum Gasteiger partial charge on any atom is -0.497 e. The van der Waals surface area contributed by atoms with E-state index in [0.717, 1.165) is 0 Å². The number of benzene rings is 1. The third-order valence-corrected chi connectivity index (χ3v) is 13.8. The second-order valence-electron chi connectivity index (χ2n) is 16.7. The van der Waals surface area contributed by atoms with Crippen LogP contribution in [0.15, 0.2) is 54.7 Å². The number of hydrogen-bond donors (Lipinski definition) is 4. The monoisotopic (exact) mass is 848 g/mol. The molecule has 1 saturated heterocycles. The Hall–Kier alpha value is -5.49. The largest absolute Gasteiger partial charge is 0.497 e. The van der Waals surface area contributed by atoms with Crippen molar-refractivity contribution in [2.24, 2.45) is 5.92 Å². The fraction of sp³-hybridized carbons (Fsp3) is 0.524. The molecule has 2 saturated carbocycles. The maximum absolute atomic E-state index is 14.6. The SMILES string of the molecule is COc1ccc2c(O[C@@H]3C[C@H]4C(=O)N[C@]5(C(=O)NS(=O)(=O)C6(C)CC6)C[C@H]5/C=C\CC[C@@H](C)O[C@@H](C)[C@H](NC(=O)O)C(=O)N4C3)nc(-c3ccc(OC(C)C)cn3)cc2c1. The molecule has 4 heterocycles. The summed E-state index contributed by atoms with van der Waals surface area (Å²) < 4.78 is 51.6. The normalized spacial score (nSPS) is 28.3. The molecule has 0 bridgehead atoms. The van der Waals surface area contributed by atoms with Crippen LogP contribution in [0.2, 0.25) is 0 Å². The van der Waals surface area contributed by atoms with Crippen LogP contribution < -0.4 is 29.6 Å². The number of carbonyl (C=O) groups excluding carboxylic acids is 3. The Morgan fingerprint density at radius 1 is 1.08 bits per heavy atom. The van der Waals surface area contributed by atoms with Crippen LogP contribution in [-0.2, 0) is 29.1 Å². The van der Waals surface area contributed by atoms with Gasteiger partial charge in [0.15, 0.2) is 0 Å². The molecule has 0 radical (unpaired) electrons. The summed E-state index contributed by atoms with van der Waals surface area (Å²) >= 11 is 0. The molecule has 7 rings (SSSR count). The molecular formula is C42H52N6O11S. The van der Waals surface area contributed by atoms with Crippen LogP contribution in [0.1, 0.15) is 73.1 Å². The summed E-state index contributed by atoms with van der Waals surface area (Å²) in [6.45, 7) is 8.61. The molecule has 2 aliphatic carbocycles. The highest BCUT2D eigenvalue weighted by Crippen LogP contribution is 2.47. The van der Waals surface area contributed by atoms with E-state index in [1.54, 1.807) is 64.4 Å². The molecule has 3 fully saturated rings. The first kappa shape index (κ1) is 42.6. The second kappa shape index (κ2) is 16.5. The average Bonchev–Trinajstić information content (AvgIpc) is 4.08. The predicted molar refractivity (Wildman–Crippen MR) is 219 cm³/mol. The topological polar surface area (TPSA) is 225 Å². The molecule has 4 N–H and O–H groups in total. The minimum absolute atomic E-state index is 0.0507. The zero-order valence-electron chi connectivity index (χ0n) is 34.5. The van der Waals surface area contributed by atoms with Crippen LogP contribution in [0, 0.1) is 5.92 Å². The number of nitrogens with one attached hydrogen (secondary N) is 3. The number of pyridine rings is 2. The van der Waals surface area contributed by atoms with Gasteiger partial charge in [0, 0.05) is 17.7 Å². The third-order valence-electron chi connectivity index (χ3n) is 11.7. The Labute approximate surface area is 348 Å². The lowest BCUT2D eigenvalue weighted by molar-refractivity contribution is -0.144. The van der Waals surface area contributed by atoms with E-state index in [1.807, 2.05) is 32.1 Å². The maximum Gasteiger partial charge on any atom is 0.405 e. The van der Waals surface area contributed by atoms with E-state index in [0.29, 0.717) is 59.3 Å². The quantitative estimate of drug-likeness (QED) is 0.211. The first-order valence-electron chi connectivity index (χ1n) is 20.2. The van der Waals surface area contributed by atoms with Crippen LogP contribution in [-0.4, -0.2) is 113 Å². The van der Waals surface area contributed by atoms with Gasteiger partial charge in [0.25, 0.3) is 5.91 Å². The number of aromatic nitrogens is 2. The molecule has 0 unspecified atom stereocenters. The van der Waals surface area contributed by atoms with Gasteiger partial charge in [-0.1, -0.05) is 12.2 Å². The Morgan fingerprint density at radius 2 is 1.83 bits per heavy atom. The van der Waals surface area contributed by atoms with Crippen molar-refractivity contribution in [2.75, 3.05) is 13.7 Å². The number of fused-ring (bicyclic) bond motifs is 3. The van der Waals surface area contributed by atoms with Crippen LogP contribution in [0.5, 0.6) is 17.4 Å². The molecule has 7 atom stereocenters. The van der Waals surface area contributed by atoms with Crippen molar-refractivity contribution in [3.8, 4) is 28.8 Å². The van der Waals surface area contributed by atoms with Gasteiger partial charge in [-0.05, 0) is 109 Å². The maximum atomic E-state index is 14.6. The molecule has 2 aromatic heterocycles. The summed E-state index contributed by atoms with van der Waals surface area (Å²) in [5.41, 5.74) is -0.624. The minimum atomic E-state index is -4.05. The summed E-state index contributed by atoms with van der Waals surface area (Å²) in [6, 6.07) is 8.06. The molecule has 17 nitrogen and oxygen atoms in total. The standard InChI is InChI=1S/C42H52N6O11S/c1-23(2)57-29-12-14-32(43-21-29)33-18-26-17-28(56-6)11-13-31(26)37(44-33)59-30-19-34-36(49)46-42(39(51)47-60(54,55)41(5)15-16-41)20-27(42)10-8-7-9-24(3)58-25(4)35(45-40(52)53)38(50)48(34)22-30/h8,10-14,17-18,21,23-25,27,30,34-35,45H,7,9,15-16,19-20,22H2,1-6H3,(H,46,49)(H,47,51)(H,52,53)/b10-8-/t24-,25+,27-,30-,34+,35+,42-/m1/s1. The lowest BCUT2D eigenvalue weighted by Crippen LogP contribution is -2.60. The van der Waals surface area contributed by atoms with Crippen LogP contribution in [0.25, 0.3) is 22.2 Å². The van der Waals surface area contributed by atoms with Crippen molar-refractivity contribution >= 4 is 44.6 Å². The molecule has 322 valence electrons. The first-order chi connectivity index (χ1) is 28.4. The number of sulfonamides is 1. The average molecular weight is 849 g/mol. The van der Waals surface area contributed by atoms with Gasteiger partial charge in [-0.15, -0.1) is 0 Å². The summed E-state index contributed by atoms with van der Waals surface area (Å²) in [5.74, 6) is -1.51. The molecular weight excluding hydrogens is 797 g/mol. The van der Waals surface area contributed by atoms with E-state index in [2.05, 4.69) is 20.3 Å². The Morgan fingerprint density at radius 3 is 2.50 bits per heavy atom. The van der Waals surface area contributed by atoms with E-state index in [-0.39, 0.29) is 31.4 Å². The lowest BCUT2D eigenvalue weighted by atomic mass is 10.1. The predicted octanol–water partition coefficient (Wildman–Crippen LogP) is 4.09. The summed E-state index contributed by atoms with van der Waals surface area (Å²) in [6.07, 6.45) is 3.38. The van der Waals surface area contributed by atoms with Gasteiger partial charge in [0.2, 0.25) is 27.7 Å². The van der Waals surface area contributed by atoms with Gasteiger partial charge in [0.1, 0.15) is 35.2 Å². The number of nitrogens with zero attached hydrogens (tertiary/aromatic N) is 3. The fourth-order valence-electron chi connectivity index (χ4n) is 7.82. The van der Waals surface area contributed by atoms with Gasteiger partial charge in [-0.2, -0.15) is 0 Å². The first-order valence-corrected chi connectivity index (χ1v) is 21.7. The van der Waals surface area contributed by atoms with Gasteiger partial charge in [0.05, 0.1) is 54.3 Å². The van der Waals surface area contributed by atoms with Gasteiger partial charge < -0.3 is 39.6 Å². The molecule has 4 amide bonds. The molecule has 3 aromatic rings. The van der Waals surface area contributed by atoms with Crippen LogP contribution >= 0.6 is 0 Å². The fourth-order valence-corrected chi connectivity index (χ4v) is 9.13. The van der Waals surface area contributed by atoms with E-state index < -0.39 is 80.4 Å². The van der Waals surface area contributed by atoms with Crippen molar-refractivity contribution in [2.45, 2.75) is 120 Å². The van der Waals surface area contributed by atoms with Crippen molar-refractivity contribution < 1.29 is 51.6 Å². The highest BCUT2D eigenvalue weighted by atomic mass is 32.2. The van der Waals surface area contributed by atoms with Crippen molar-refractivity contribution in [3.63, 3.8) is 0 Å². The van der Waals surface area contributed by atoms with Crippen molar-refractivity contribution in [1.29, 1.82) is 0 Å². The van der Waals surface area contributed by atoms with E-state index in [4.69, 9.17) is 23.9 Å². The number of rotatable bonds is 10. The Balaban J connectivity index is 1.24. The smallest absolute Gasteiger partial charge is 0.405 e. The molecule has 18 heteroatoms. The van der Waals surface area contributed by atoms with Crippen LogP contribution in [0.4, 0.5) is 4.79 Å². The van der Waals surface area contributed by atoms with Crippen molar-refractivity contribution in [1.82, 2.24) is 30.2 Å². The molecule has 60 heavy (non-hydrogen) atoms. The molecule has 0 spiro atoms. The van der Waals surface area contributed by atoms with E-state index >= 15 is 0 Å². The van der Waals surface area contributed by atoms with Gasteiger partial charge in [-0.25, -0.2) is 18.2 Å². The number of amides is 4. The Bertz CT molecular complexity index is 2300. The second-order valence-corrected chi connectivity index (χ2v) is 18.9. The zero-order chi connectivity index (χ0) is 43.1. The van der Waals surface area contributed by atoms with Gasteiger partial charge in [-0.3, -0.25) is 24.1 Å². The molecule has 1 aromatic carbocycles. The highest BCUT2D eigenvalue weighted by Gasteiger charge is 2.63. The number of carbonyl (C=O) groups is 4. The lowest BCUT2D eigenvalue weighted by Gasteiger charge is -2.32. The van der Waals surface area contributed by atoms with Gasteiger partial charge >= 0.3 is 6.09 Å². The number of carboxylic acid groups (broad SMARTS) is 1. The third kappa shape index (κ3) is 8.84. The summed E-state index contributed by atoms with van der Waals surface area (Å²) in [5, 5.41) is 16.3. The summed E-state index contributed by atoms with van der Waals surface area (Å²) in [7, 11) is -2.50.